The molecule has 20 heavy (non-hydrogen) atoms. The standard InChI is InChI=1S/C15H20FNO3/c1-18-8-9-19-6-3-7-20-15-11-13(4-2-5-17)10-14(16)12-15/h10-12H,3,5-9,17H2,1H3. The lowest BCUT2D eigenvalue weighted by Gasteiger charge is -2.07. The molecule has 0 aromatic heterocycles. The average molecular weight is 281 g/mol. The molecule has 0 fully saturated rings. The first kappa shape index (κ1) is 16.4. The van der Waals surface area contributed by atoms with Crippen LogP contribution in [0, 0.1) is 17.7 Å². The lowest BCUT2D eigenvalue weighted by atomic mass is 10.2. The zero-order valence-electron chi connectivity index (χ0n) is 11.7. The maximum Gasteiger partial charge on any atom is 0.128 e. The van der Waals surface area contributed by atoms with Crippen LogP contribution in [0.1, 0.15) is 12.0 Å². The van der Waals surface area contributed by atoms with Gasteiger partial charge < -0.3 is 19.9 Å². The number of hydrogen-bond acceptors (Lipinski definition) is 4. The van der Waals surface area contributed by atoms with Gasteiger partial charge in [-0.25, -0.2) is 4.39 Å². The van der Waals surface area contributed by atoms with Crippen LogP contribution in [0.5, 0.6) is 5.75 Å². The topological polar surface area (TPSA) is 53.7 Å². The van der Waals surface area contributed by atoms with Gasteiger partial charge in [-0.2, -0.15) is 0 Å². The molecule has 0 unspecified atom stereocenters. The van der Waals surface area contributed by atoms with Gasteiger partial charge in [0.05, 0.1) is 26.4 Å². The first-order valence-electron chi connectivity index (χ1n) is 6.45. The van der Waals surface area contributed by atoms with Crippen LogP contribution in [0.15, 0.2) is 18.2 Å². The van der Waals surface area contributed by atoms with Gasteiger partial charge in [-0.1, -0.05) is 11.8 Å². The monoisotopic (exact) mass is 281 g/mol. The Balaban J connectivity index is 2.34. The maximum absolute atomic E-state index is 13.4. The summed E-state index contributed by atoms with van der Waals surface area (Å²) in [5, 5.41) is 0. The van der Waals surface area contributed by atoms with Gasteiger partial charge in [-0.05, 0) is 12.1 Å². The third kappa shape index (κ3) is 7.10. The third-order valence-electron chi connectivity index (χ3n) is 2.34. The molecular weight excluding hydrogens is 261 g/mol. The number of methoxy groups -OCH3 is 1. The molecule has 0 aliphatic heterocycles. The molecule has 0 heterocycles. The maximum atomic E-state index is 13.4. The highest BCUT2D eigenvalue weighted by Crippen LogP contribution is 2.16. The van der Waals surface area contributed by atoms with Crippen molar-refractivity contribution in [2.24, 2.45) is 5.73 Å². The number of nitrogens with two attached hydrogens (primary N) is 1. The number of halogens is 1. The van der Waals surface area contributed by atoms with Crippen LogP contribution in [0.4, 0.5) is 4.39 Å². The van der Waals surface area contributed by atoms with Gasteiger partial charge in [0.1, 0.15) is 11.6 Å². The highest BCUT2D eigenvalue weighted by atomic mass is 19.1. The van der Waals surface area contributed by atoms with Crippen LogP contribution in [0.3, 0.4) is 0 Å². The fourth-order valence-electron chi connectivity index (χ4n) is 1.47. The summed E-state index contributed by atoms with van der Waals surface area (Å²) in [6.07, 6.45) is 0.726. The second-order valence-electron chi connectivity index (χ2n) is 3.99. The largest absolute Gasteiger partial charge is 0.493 e. The predicted molar refractivity (Wildman–Crippen MR) is 75.1 cm³/mol. The van der Waals surface area contributed by atoms with Crippen LogP contribution >= 0.6 is 0 Å². The molecule has 0 bridgehead atoms. The Morgan fingerprint density at radius 2 is 2.00 bits per heavy atom. The summed E-state index contributed by atoms with van der Waals surface area (Å²) >= 11 is 0. The molecule has 1 aromatic rings. The summed E-state index contributed by atoms with van der Waals surface area (Å²) in [6.45, 7) is 2.42. The Morgan fingerprint density at radius 1 is 1.15 bits per heavy atom. The molecule has 0 saturated heterocycles. The Bertz CT molecular complexity index is 454. The summed E-state index contributed by atoms with van der Waals surface area (Å²) in [7, 11) is 1.63. The number of benzene rings is 1. The quantitative estimate of drug-likeness (QED) is 0.580. The molecule has 0 saturated carbocycles. The van der Waals surface area contributed by atoms with Crippen molar-refractivity contribution in [2.75, 3.05) is 40.1 Å². The van der Waals surface area contributed by atoms with Gasteiger partial charge in [0.25, 0.3) is 0 Å². The third-order valence-corrected chi connectivity index (χ3v) is 2.34. The zero-order valence-corrected chi connectivity index (χ0v) is 11.7. The highest BCUT2D eigenvalue weighted by molar-refractivity contribution is 5.40. The van der Waals surface area contributed by atoms with E-state index in [2.05, 4.69) is 11.8 Å². The SMILES string of the molecule is COCCOCCCOc1cc(F)cc(C#CCN)c1. The van der Waals surface area contributed by atoms with Crippen molar-refractivity contribution < 1.29 is 18.6 Å². The molecule has 0 spiro atoms. The lowest BCUT2D eigenvalue weighted by molar-refractivity contribution is 0.0644. The van der Waals surface area contributed by atoms with Crippen LogP contribution < -0.4 is 10.5 Å². The molecule has 2 N–H and O–H groups in total. The van der Waals surface area contributed by atoms with Crippen molar-refractivity contribution in [2.45, 2.75) is 6.42 Å². The molecule has 0 aliphatic rings. The molecule has 110 valence electrons. The lowest BCUT2D eigenvalue weighted by Crippen LogP contribution is -2.07. The van der Waals surface area contributed by atoms with E-state index in [1.165, 1.54) is 12.1 Å². The van der Waals surface area contributed by atoms with Crippen LogP contribution in [-0.4, -0.2) is 40.1 Å². The second-order valence-corrected chi connectivity index (χ2v) is 3.99. The number of ether oxygens (including phenoxy) is 3. The molecule has 1 rings (SSSR count). The zero-order chi connectivity index (χ0) is 14.6. The minimum Gasteiger partial charge on any atom is -0.493 e. The minimum absolute atomic E-state index is 0.242. The van der Waals surface area contributed by atoms with Crippen molar-refractivity contribution in [3.05, 3.63) is 29.6 Å². The van der Waals surface area contributed by atoms with Crippen molar-refractivity contribution in [1.29, 1.82) is 0 Å². The van der Waals surface area contributed by atoms with E-state index in [1.807, 2.05) is 0 Å². The van der Waals surface area contributed by atoms with E-state index < -0.39 is 0 Å². The number of hydrogen-bond donors (Lipinski definition) is 1. The Kier molecular flexibility index (Phi) is 8.40. The van der Waals surface area contributed by atoms with Crippen LogP contribution in [-0.2, 0) is 9.47 Å². The molecule has 0 aliphatic carbocycles. The molecule has 1 aromatic carbocycles. The molecule has 0 amide bonds. The highest BCUT2D eigenvalue weighted by Gasteiger charge is 2.00. The summed E-state index contributed by atoms with van der Waals surface area (Å²) < 4.78 is 29.0. The van der Waals surface area contributed by atoms with Gasteiger partial charge in [0, 0.05) is 31.8 Å². The van der Waals surface area contributed by atoms with Gasteiger partial charge in [0.15, 0.2) is 0 Å². The van der Waals surface area contributed by atoms with E-state index in [0.717, 1.165) is 6.42 Å². The van der Waals surface area contributed by atoms with Crippen molar-refractivity contribution in [3.8, 4) is 17.6 Å². The summed E-state index contributed by atoms with van der Waals surface area (Å²) in [4.78, 5) is 0. The first-order valence-corrected chi connectivity index (χ1v) is 6.45. The van der Waals surface area contributed by atoms with Crippen LogP contribution in [0.25, 0.3) is 0 Å². The van der Waals surface area contributed by atoms with Gasteiger partial charge in [0.2, 0.25) is 0 Å². The van der Waals surface area contributed by atoms with E-state index in [-0.39, 0.29) is 12.4 Å². The van der Waals surface area contributed by atoms with E-state index in [4.69, 9.17) is 19.9 Å². The van der Waals surface area contributed by atoms with E-state index in [1.54, 1.807) is 13.2 Å². The van der Waals surface area contributed by atoms with Crippen molar-refractivity contribution in [1.82, 2.24) is 0 Å². The fraction of sp³-hybridized carbons (Fsp3) is 0.467. The molecule has 0 atom stereocenters. The summed E-state index contributed by atoms with van der Waals surface area (Å²) in [5.41, 5.74) is 5.84. The minimum atomic E-state index is -0.375. The molecule has 5 heteroatoms. The van der Waals surface area contributed by atoms with Crippen LogP contribution in [0.2, 0.25) is 0 Å². The van der Waals surface area contributed by atoms with Crippen molar-refractivity contribution >= 4 is 0 Å². The molecular formula is C15H20FNO3. The fourth-order valence-corrected chi connectivity index (χ4v) is 1.47. The van der Waals surface area contributed by atoms with E-state index in [9.17, 15) is 4.39 Å². The summed E-state index contributed by atoms with van der Waals surface area (Å²) in [6, 6.07) is 4.38. The average Bonchev–Trinajstić information content (AvgIpc) is 2.43. The Labute approximate surface area is 119 Å². The van der Waals surface area contributed by atoms with E-state index in [0.29, 0.717) is 37.7 Å². The van der Waals surface area contributed by atoms with Crippen molar-refractivity contribution in [3.63, 3.8) is 0 Å². The predicted octanol–water partition coefficient (Wildman–Crippen LogP) is 1.57. The molecule has 4 nitrogen and oxygen atoms in total. The van der Waals surface area contributed by atoms with Gasteiger partial charge in [-0.15, -0.1) is 0 Å². The smallest absolute Gasteiger partial charge is 0.128 e. The Morgan fingerprint density at radius 3 is 2.75 bits per heavy atom. The number of rotatable bonds is 8. The summed E-state index contributed by atoms with van der Waals surface area (Å²) in [5.74, 6) is 5.54. The normalized spacial score (nSPS) is 9.95. The second kappa shape index (κ2) is 10.2. The first-order chi connectivity index (χ1) is 9.76. The molecule has 0 radical (unpaired) electrons. The van der Waals surface area contributed by atoms with Gasteiger partial charge in [-0.3, -0.25) is 0 Å². The van der Waals surface area contributed by atoms with E-state index >= 15 is 0 Å². The van der Waals surface area contributed by atoms with Gasteiger partial charge >= 0.3 is 0 Å². The Hall–Kier alpha value is -1.61.